The van der Waals surface area contributed by atoms with Crippen LogP contribution in [0.25, 0.3) is 0 Å². The molecule has 1 aromatic carbocycles. The van der Waals surface area contributed by atoms with Gasteiger partial charge in [0, 0.05) is 12.1 Å². The molecule has 6 heteroatoms. The van der Waals surface area contributed by atoms with Gasteiger partial charge in [0.05, 0.1) is 30.0 Å². The Labute approximate surface area is 127 Å². The van der Waals surface area contributed by atoms with E-state index in [0.717, 1.165) is 29.8 Å². The summed E-state index contributed by atoms with van der Waals surface area (Å²) in [7, 11) is 0. The molecule has 0 aliphatic carbocycles. The van der Waals surface area contributed by atoms with Crippen LogP contribution in [0.4, 0.5) is 5.69 Å². The summed E-state index contributed by atoms with van der Waals surface area (Å²) in [5, 5.41) is 9.87. The fourth-order valence-electron chi connectivity index (χ4n) is 3.28. The van der Waals surface area contributed by atoms with Crippen LogP contribution in [0.3, 0.4) is 0 Å². The van der Waals surface area contributed by atoms with Gasteiger partial charge < -0.3 is 10.2 Å². The maximum atomic E-state index is 12.7. The summed E-state index contributed by atoms with van der Waals surface area (Å²) in [5.41, 5.74) is 3.46. The molecular weight excluding hydrogens is 280 g/mol. The normalized spacial score (nSPS) is 19.5. The van der Waals surface area contributed by atoms with Gasteiger partial charge in [-0.1, -0.05) is 18.2 Å². The van der Waals surface area contributed by atoms with Crippen LogP contribution in [0, 0.1) is 0 Å². The van der Waals surface area contributed by atoms with Gasteiger partial charge in [-0.15, -0.1) is 0 Å². The molecule has 2 aliphatic heterocycles. The zero-order chi connectivity index (χ0) is 15.1. The van der Waals surface area contributed by atoms with E-state index in [2.05, 4.69) is 15.5 Å². The molecule has 0 radical (unpaired) electrons. The zero-order valence-corrected chi connectivity index (χ0v) is 12.0. The molecule has 2 aliphatic rings. The quantitative estimate of drug-likeness (QED) is 0.883. The third-order valence-electron chi connectivity index (χ3n) is 4.36. The highest BCUT2D eigenvalue weighted by Crippen LogP contribution is 2.30. The van der Waals surface area contributed by atoms with Crippen LogP contribution in [-0.4, -0.2) is 28.6 Å². The van der Waals surface area contributed by atoms with Gasteiger partial charge in [0.1, 0.15) is 0 Å². The first-order chi connectivity index (χ1) is 10.7. The number of benzene rings is 1. The second-order valence-electron chi connectivity index (χ2n) is 5.70. The molecule has 0 saturated heterocycles. The van der Waals surface area contributed by atoms with E-state index >= 15 is 0 Å². The summed E-state index contributed by atoms with van der Waals surface area (Å²) in [4.78, 5) is 26.4. The van der Waals surface area contributed by atoms with Crippen molar-refractivity contribution in [2.45, 2.75) is 25.3 Å². The Bertz CT molecular complexity index is 752. The van der Waals surface area contributed by atoms with Crippen LogP contribution in [0.1, 0.15) is 40.5 Å². The number of fused-ring (bicyclic) bond motifs is 2. The lowest BCUT2D eigenvalue weighted by Gasteiger charge is -2.27. The largest absolute Gasteiger partial charge is 0.345 e. The summed E-state index contributed by atoms with van der Waals surface area (Å²) in [6.07, 6.45) is 3.82. The number of nitrogens with one attached hydrogen (secondary N) is 2. The average Bonchev–Trinajstić information content (AvgIpc) is 3.13. The Kier molecular flexibility index (Phi) is 2.96. The van der Waals surface area contributed by atoms with Crippen LogP contribution in [0.2, 0.25) is 0 Å². The fraction of sp³-hybridized carbons (Fsp3) is 0.312. The van der Waals surface area contributed by atoms with Gasteiger partial charge in [-0.3, -0.25) is 14.7 Å². The number of H-pyrrole nitrogens is 1. The van der Waals surface area contributed by atoms with E-state index in [4.69, 9.17) is 0 Å². The minimum Gasteiger partial charge on any atom is -0.345 e. The van der Waals surface area contributed by atoms with Gasteiger partial charge in [0.15, 0.2) is 0 Å². The SMILES string of the molecule is O=C1NC(CC(=O)N2CCCc3[nH]ncc32)c2ccccc21. The Hall–Kier alpha value is -2.63. The number of carbonyl (C=O) groups excluding carboxylic acids is 2. The Balaban J connectivity index is 1.56. The van der Waals surface area contributed by atoms with Gasteiger partial charge in [0.25, 0.3) is 5.91 Å². The molecule has 6 nitrogen and oxygen atoms in total. The topological polar surface area (TPSA) is 78.1 Å². The van der Waals surface area contributed by atoms with Crippen molar-refractivity contribution in [1.29, 1.82) is 0 Å². The average molecular weight is 296 g/mol. The molecule has 22 heavy (non-hydrogen) atoms. The summed E-state index contributed by atoms with van der Waals surface area (Å²) in [5.74, 6) is -0.0830. The van der Waals surface area contributed by atoms with E-state index in [1.165, 1.54) is 0 Å². The van der Waals surface area contributed by atoms with Crippen molar-refractivity contribution in [3.05, 3.63) is 47.3 Å². The van der Waals surface area contributed by atoms with Gasteiger partial charge in [-0.2, -0.15) is 5.10 Å². The first-order valence-corrected chi connectivity index (χ1v) is 7.46. The van der Waals surface area contributed by atoms with Crippen molar-refractivity contribution in [1.82, 2.24) is 15.5 Å². The monoisotopic (exact) mass is 296 g/mol. The highest BCUT2D eigenvalue weighted by molar-refractivity contribution is 6.01. The van der Waals surface area contributed by atoms with Crippen LogP contribution in [0.15, 0.2) is 30.5 Å². The van der Waals surface area contributed by atoms with E-state index < -0.39 is 0 Å². The second kappa shape index (κ2) is 4.98. The molecule has 3 heterocycles. The molecule has 0 bridgehead atoms. The number of anilines is 1. The van der Waals surface area contributed by atoms with Crippen LogP contribution < -0.4 is 10.2 Å². The van der Waals surface area contributed by atoms with Gasteiger partial charge in [-0.05, 0) is 24.5 Å². The van der Waals surface area contributed by atoms with E-state index in [9.17, 15) is 9.59 Å². The maximum Gasteiger partial charge on any atom is 0.252 e. The molecule has 2 aromatic rings. The summed E-state index contributed by atoms with van der Waals surface area (Å²) in [6, 6.07) is 7.19. The molecule has 112 valence electrons. The molecule has 2 N–H and O–H groups in total. The zero-order valence-electron chi connectivity index (χ0n) is 12.0. The van der Waals surface area contributed by atoms with Gasteiger partial charge >= 0.3 is 0 Å². The standard InChI is InChI=1S/C16H16N4O2/c21-15(20-7-3-6-12-14(20)9-17-19-12)8-13-10-4-1-2-5-11(10)16(22)18-13/h1-2,4-5,9,13H,3,6-8H2,(H,17,19)(H,18,22). The lowest BCUT2D eigenvalue weighted by Crippen LogP contribution is -2.37. The number of hydrogen-bond donors (Lipinski definition) is 2. The molecule has 1 unspecified atom stereocenters. The number of aryl methyl sites for hydroxylation is 1. The fourth-order valence-corrected chi connectivity index (χ4v) is 3.28. The number of hydrogen-bond acceptors (Lipinski definition) is 3. The van der Waals surface area contributed by atoms with E-state index in [1.54, 1.807) is 17.2 Å². The molecule has 0 saturated carbocycles. The Morgan fingerprint density at radius 2 is 2.23 bits per heavy atom. The van der Waals surface area contributed by atoms with Gasteiger partial charge in [-0.25, -0.2) is 0 Å². The van der Waals surface area contributed by atoms with Crippen molar-refractivity contribution in [2.24, 2.45) is 0 Å². The van der Waals surface area contributed by atoms with Crippen molar-refractivity contribution in [2.75, 3.05) is 11.4 Å². The summed E-state index contributed by atoms with van der Waals surface area (Å²) in [6.45, 7) is 0.702. The number of amides is 2. The number of aromatic nitrogens is 2. The minimum absolute atomic E-state index is 0.0179. The third kappa shape index (κ3) is 1.99. The van der Waals surface area contributed by atoms with Crippen LogP contribution in [-0.2, 0) is 11.2 Å². The molecule has 1 aromatic heterocycles. The van der Waals surface area contributed by atoms with E-state index in [1.807, 2.05) is 18.2 Å². The number of rotatable bonds is 2. The maximum absolute atomic E-state index is 12.7. The van der Waals surface area contributed by atoms with Crippen LogP contribution >= 0.6 is 0 Å². The highest BCUT2D eigenvalue weighted by Gasteiger charge is 2.32. The first kappa shape index (κ1) is 13.1. The number of carbonyl (C=O) groups is 2. The molecule has 0 fully saturated rings. The third-order valence-corrected chi connectivity index (χ3v) is 4.36. The number of nitrogens with zero attached hydrogens (tertiary/aromatic N) is 2. The molecular formula is C16H16N4O2. The van der Waals surface area contributed by atoms with E-state index in [-0.39, 0.29) is 24.3 Å². The second-order valence-corrected chi connectivity index (χ2v) is 5.70. The Morgan fingerprint density at radius 3 is 3.14 bits per heavy atom. The summed E-state index contributed by atoms with van der Waals surface area (Å²) < 4.78 is 0. The van der Waals surface area contributed by atoms with E-state index in [0.29, 0.717) is 12.1 Å². The predicted octanol–water partition coefficient (Wildman–Crippen LogP) is 1.56. The highest BCUT2D eigenvalue weighted by atomic mass is 16.2. The molecule has 0 spiro atoms. The van der Waals surface area contributed by atoms with Gasteiger partial charge in [0.2, 0.25) is 5.91 Å². The first-order valence-electron chi connectivity index (χ1n) is 7.46. The molecule has 1 atom stereocenters. The Morgan fingerprint density at radius 1 is 1.36 bits per heavy atom. The predicted molar refractivity (Wildman–Crippen MR) is 80.5 cm³/mol. The summed E-state index contributed by atoms with van der Waals surface area (Å²) >= 11 is 0. The van der Waals surface area contributed by atoms with Crippen molar-refractivity contribution < 1.29 is 9.59 Å². The smallest absolute Gasteiger partial charge is 0.252 e. The lowest BCUT2D eigenvalue weighted by atomic mass is 10.0. The molecule has 4 rings (SSSR count). The minimum atomic E-state index is -0.242. The van der Waals surface area contributed by atoms with Crippen molar-refractivity contribution in [3.8, 4) is 0 Å². The lowest BCUT2D eigenvalue weighted by molar-refractivity contribution is -0.119. The number of aromatic amines is 1. The van der Waals surface area contributed by atoms with Crippen LogP contribution in [0.5, 0.6) is 0 Å². The van der Waals surface area contributed by atoms with Crippen molar-refractivity contribution >= 4 is 17.5 Å². The van der Waals surface area contributed by atoms with Crippen molar-refractivity contribution in [3.63, 3.8) is 0 Å². The molecule has 2 amide bonds.